The van der Waals surface area contributed by atoms with E-state index in [-0.39, 0.29) is 5.82 Å². The second kappa shape index (κ2) is 4.72. The van der Waals surface area contributed by atoms with Gasteiger partial charge in [-0.15, -0.1) is 0 Å². The molecule has 1 heterocycles. The third-order valence-electron chi connectivity index (χ3n) is 3.40. The third-order valence-corrected chi connectivity index (χ3v) is 3.60. The smallest absolute Gasteiger partial charge is 0.126 e. The zero-order valence-corrected chi connectivity index (χ0v) is 11.7. The van der Waals surface area contributed by atoms with Crippen molar-refractivity contribution in [2.75, 3.05) is 0 Å². The first kappa shape index (κ1) is 12.8. The topological polar surface area (TPSA) is 41.8 Å². The van der Waals surface area contributed by atoms with Crippen molar-refractivity contribution in [2.45, 2.75) is 6.92 Å². The largest absolute Gasteiger partial charge is 0.389 e. The van der Waals surface area contributed by atoms with Gasteiger partial charge < -0.3 is 10.7 Å². The Balaban J connectivity index is 2.32. The first-order valence-corrected chi connectivity index (χ1v) is 6.66. The molecule has 100 valence electrons. The number of thiocarbonyl (C=S) groups is 1. The van der Waals surface area contributed by atoms with Crippen molar-refractivity contribution in [2.24, 2.45) is 5.73 Å². The van der Waals surface area contributed by atoms with Gasteiger partial charge in [0.1, 0.15) is 10.8 Å². The Morgan fingerprint density at radius 3 is 2.65 bits per heavy atom. The molecule has 0 bridgehead atoms. The third kappa shape index (κ3) is 1.98. The second-order valence-corrected chi connectivity index (χ2v) is 5.19. The molecule has 0 fully saturated rings. The number of rotatable bonds is 2. The molecule has 0 aliphatic carbocycles. The fourth-order valence-electron chi connectivity index (χ4n) is 2.41. The average molecular weight is 284 g/mol. The molecule has 3 N–H and O–H groups in total. The van der Waals surface area contributed by atoms with Crippen LogP contribution in [0.25, 0.3) is 22.2 Å². The van der Waals surface area contributed by atoms with Crippen molar-refractivity contribution in [3.63, 3.8) is 0 Å². The maximum Gasteiger partial charge on any atom is 0.126 e. The van der Waals surface area contributed by atoms with Crippen molar-refractivity contribution in [3.8, 4) is 11.3 Å². The zero-order valence-electron chi connectivity index (χ0n) is 10.9. The summed E-state index contributed by atoms with van der Waals surface area (Å²) in [6, 6.07) is 12.8. The lowest BCUT2D eigenvalue weighted by atomic mass is 10.0. The van der Waals surface area contributed by atoms with Gasteiger partial charge in [0, 0.05) is 16.5 Å². The molecule has 1 aromatic heterocycles. The Labute approximate surface area is 121 Å². The first-order chi connectivity index (χ1) is 9.58. The fraction of sp³-hybridized carbons (Fsp3) is 0.0625. The summed E-state index contributed by atoms with van der Waals surface area (Å²) in [6.07, 6.45) is 0. The van der Waals surface area contributed by atoms with Crippen molar-refractivity contribution in [1.29, 1.82) is 0 Å². The maximum atomic E-state index is 13.4. The Morgan fingerprint density at radius 1 is 1.20 bits per heavy atom. The molecule has 0 aliphatic rings. The zero-order chi connectivity index (χ0) is 14.3. The van der Waals surface area contributed by atoms with Crippen molar-refractivity contribution < 1.29 is 4.39 Å². The number of aromatic amines is 1. The monoisotopic (exact) mass is 284 g/mol. The van der Waals surface area contributed by atoms with Crippen LogP contribution in [0.3, 0.4) is 0 Å². The molecule has 4 heteroatoms. The molecule has 2 nitrogen and oxygen atoms in total. The summed E-state index contributed by atoms with van der Waals surface area (Å²) in [5.74, 6) is -0.221. The number of aryl methyl sites for hydroxylation is 1. The molecule has 0 spiro atoms. The van der Waals surface area contributed by atoms with Crippen LogP contribution < -0.4 is 5.73 Å². The van der Waals surface area contributed by atoms with Crippen LogP contribution >= 0.6 is 12.2 Å². The Morgan fingerprint density at radius 2 is 1.95 bits per heavy atom. The molecule has 2 aromatic carbocycles. The van der Waals surface area contributed by atoms with Gasteiger partial charge >= 0.3 is 0 Å². The van der Waals surface area contributed by atoms with E-state index in [4.69, 9.17) is 18.0 Å². The van der Waals surface area contributed by atoms with E-state index < -0.39 is 0 Å². The average Bonchev–Trinajstić information content (AvgIpc) is 2.81. The fourth-order valence-corrected chi connectivity index (χ4v) is 2.63. The number of H-pyrrole nitrogens is 1. The van der Waals surface area contributed by atoms with Crippen LogP contribution in [0, 0.1) is 12.7 Å². The summed E-state index contributed by atoms with van der Waals surface area (Å²) < 4.78 is 13.4. The minimum atomic E-state index is -0.221. The van der Waals surface area contributed by atoms with Crippen LogP contribution in [0.4, 0.5) is 4.39 Å². The normalized spacial score (nSPS) is 10.9. The lowest BCUT2D eigenvalue weighted by molar-refractivity contribution is 0.619. The van der Waals surface area contributed by atoms with E-state index in [2.05, 4.69) is 4.98 Å². The molecule has 0 aliphatic heterocycles. The van der Waals surface area contributed by atoms with E-state index in [0.29, 0.717) is 10.6 Å². The van der Waals surface area contributed by atoms with Gasteiger partial charge in [0.25, 0.3) is 0 Å². The summed E-state index contributed by atoms with van der Waals surface area (Å²) in [5, 5.41) is 0.983. The standard InChI is InChI=1S/C16H13FN2S/c1-9-8-10(6-7-12(9)17)15-14(16(18)20)11-4-2-3-5-13(11)19-15/h2-8,19H,1H3,(H2,18,20). The van der Waals surface area contributed by atoms with Crippen molar-refractivity contribution in [1.82, 2.24) is 4.98 Å². The van der Waals surface area contributed by atoms with Gasteiger partial charge in [-0.05, 0) is 42.3 Å². The summed E-state index contributed by atoms with van der Waals surface area (Å²) in [7, 11) is 0. The van der Waals surface area contributed by atoms with Gasteiger partial charge in [-0.2, -0.15) is 0 Å². The van der Waals surface area contributed by atoms with Crippen molar-refractivity contribution >= 4 is 28.1 Å². The molecule has 0 unspecified atom stereocenters. The summed E-state index contributed by atoms with van der Waals surface area (Å²) in [6.45, 7) is 1.74. The Kier molecular flexibility index (Phi) is 3.03. The molecule has 0 amide bonds. The minimum absolute atomic E-state index is 0.221. The molecule has 3 aromatic rings. The Bertz CT molecular complexity index is 820. The van der Waals surface area contributed by atoms with Gasteiger partial charge in [0.2, 0.25) is 0 Å². The summed E-state index contributed by atoms with van der Waals surface area (Å²) in [5.41, 5.74) is 9.95. The lowest BCUT2D eigenvalue weighted by Gasteiger charge is -2.05. The molecule has 0 radical (unpaired) electrons. The molecular formula is C16H13FN2S. The number of hydrogen-bond acceptors (Lipinski definition) is 1. The quantitative estimate of drug-likeness (QED) is 0.700. The van der Waals surface area contributed by atoms with E-state index in [9.17, 15) is 4.39 Å². The van der Waals surface area contributed by atoms with Gasteiger partial charge in [-0.25, -0.2) is 4.39 Å². The van der Waals surface area contributed by atoms with Gasteiger partial charge in [0.05, 0.1) is 5.69 Å². The number of halogens is 1. The maximum absolute atomic E-state index is 13.4. The molecule has 20 heavy (non-hydrogen) atoms. The highest BCUT2D eigenvalue weighted by molar-refractivity contribution is 7.80. The highest BCUT2D eigenvalue weighted by Crippen LogP contribution is 2.31. The number of benzene rings is 2. The molecule has 3 rings (SSSR count). The van der Waals surface area contributed by atoms with Gasteiger partial charge in [-0.3, -0.25) is 0 Å². The van der Waals surface area contributed by atoms with E-state index in [1.165, 1.54) is 6.07 Å². The van der Waals surface area contributed by atoms with E-state index in [1.54, 1.807) is 19.1 Å². The number of aromatic nitrogens is 1. The number of hydrogen-bond donors (Lipinski definition) is 2. The number of para-hydroxylation sites is 1. The highest BCUT2D eigenvalue weighted by Gasteiger charge is 2.15. The van der Waals surface area contributed by atoms with E-state index in [1.807, 2.05) is 24.3 Å². The second-order valence-electron chi connectivity index (χ2n) is 4.75. The Hall–Kier alpha value is -2.20. The predicted octanol–water partition coefficient (Wildman–Crippen LogP) is 3.92. The van der Waals surface area contributed by atoms with Crippen LogP contribution in [0.15, 0.2) is 42.5 Å². The minimum Gasteiger partial charge on any atom is -0.389 e. The summed E-state index contributed by atoms with van der Waals surface area (Å²) in [4.78, 5) is 3.65. The molecule has 0 saturated heterocycles. The highest BCUT2D eigenvalue weighted by atomic mass is 32.1. The molecular weight excluding hydrogens is 271 g/mol. The van der Waals surface area contributed by atoms with Crippen molar-refractivity contribution in [3.05, 3.63) is 59.4 Å². The van der Waals surface area contributed by atoms with Crippen LogP contribution in [-0.2, 0) is 0 Å². The number of fused-ring (bicyclic) bond motifs is 1. The van der Waals surface area contributed by atoms with Crippen LogP contribution in [0.2, 0.25) is 0 Å². The SMILES string of the molecule is Cc1cc(-c2[nH]c3ccccc3c2C(N)=S)ccc1F. The molecule has 0 saturated carbocycles. The van der Waals surface area contributed by atoms with Gasteiger partial charge in [-0.1, -0.05) is 30.4 Å². The lowest BCUT2D eigenvalue weighted by Crippen LogP contribution is -2.10. The van der Waals surface area contributed by atoms with E-state index in [0.717, 1.165) is 27.7 Å². The van der Waals surface area contributed by atoms with E-state index >= 15 is 0 Å². The van der Waals surface area contributed by atoms with Crippen LogP contribution in [0.1, 0.15) is 11.1 Å². The van der Waals surface area contributed by atoms with Crippen LogP contribution in [-0.4, -0.2) is 9.97 Å². The molecule has 0 atom stereocenters. The first-order valence-electron chi connectivity index (χ1n) is 6.25. The number of nitrogens with one attached hydrogen (secondary N) is 1. The van der Waals surface area contributed by atoms with Gasteiger partial charge in [0.15, 0.2) is 0 Å². The predicted molar refractivity (Wildman–Crippen MR) is 84.3 cm³/mol. The van der Waals surface area contributed by atoms with Crippen LogP contribution in [0.5, 0.6) is 0 Å². The number of nitrogens with two attached hydrogens (primary N) is 1. The summed E-state index contributed by atoms with van der Waals surface area (Å²) >= 11 is 5.17.